The van der Waals surface area contributed by atoms with Gasteiger partial charge in [0.2, 0.25) is 12.3 Å². The van der Waals surface area contributed by atoms with E-state index in [-0.39, 0.29) is 5.56 Å². The van der Waals surface area contributed by atoms with Crippen molar-refractivity contribution in [2.45, 2.75) is 19.8 Å². The zero-order valence-electron chi connectivity index (χ0n) is 13.1. The standard InChI is InChI=1S/C16H17N3O4S/c1-2-3-6-18-13-9-12(16(20)21)10-14(19-22-24-23-19)15(13)11-4-7-17-8-5-11/h4-5,7-10,18H,2-3,6H2,1H3,(H,20,21). The van der Waals surface area contributed by atoms with E-state index >= 15 is 0 Å². The minimum Gasteiger partial charge on any atom is -0.478 e. The number of rotatable bonds is 7. The maximum Gasteiger partial charge on any atom is 0.335 e. The minimum atomic E-state index is -1.01. The van der Waals surface area contributed by atoms with Crippen molar-refractivity contribution in [3.05, 3.63) is 42.2 Å². The number of unbranched alkanes of at least 4 members (excludes halogenated alkanes) is 1. The first-order chi connectivity index (χ1) is 11.7. The van der Waals surface area contributed by atoms with Crippen LogP contribution in [0.15, 0.2) is 36.7 Å². The fraction of sp³-hybridized carbons (Fsp3) is 0.250. The molecule has 1 aliphatic rings. The lowest BCUT2D eigenvalue weighted by molar-refractivity contribution is 0.0272. The van der Waals surface area contributed by atoms with E-state index in [1.54, 1.807) is 18.5 Å². The molecule has 2 N–H and O–H groups in total. The Morgan fingerprint density at radius 1 is 1.33 bits per heavy atom. The minimum absolute atomic E-state index is 0.158. The third kappa shape index (κ3) is 3.45. The van der Waals surface area contributed by atoms with Crippen LogP contribution in [-0.4, -0.2) is 22.6 Å². The zero-order valence-corrected chi connectivity index (χ0v) is 13.9. The molecule has 1 aromatic heterocycles. The van der Waals surface area contributed by atoms with Crippen molar-refractivity contribution in [1.29, 1.82) is 0 Å². The summed E-state index contributed by atoms with van der Waals surface area (Å²) in [6, 6.07) is 6.88. The van der Waals surface area contributed by atoms with E-state index in [9.17, 15) is 9.90 Å². The summed E-state index contributed by atoms with van der Waals surface area (Å²) in [6.07, 6.45) is 5.40. The highest BCUT2D eigenvalue weighted by Crippen LogP contribution is 2.43. The Hall–Kier alpha value is -2.29. The number of aromatic carboxylic acids is 1. The normalized spacial score (nSPS) is 13.5. The Morgan fingerprint density at radius 2 is 2.08 bits per heavy atom. The summed E-state index contributed by atoms with van der Waals surface area (Å²) >= 11 is 0.831. The van der Waals surface area contributed by atoms with Crippen LogP contribution in [0.2, 0.25) is 0 Å². The van der Waals surface area contributed by atoms with Gasteiger partial charge in [0.1, 0.15) is 5.69 Å². The molecular formula is C16H17N3O4S. The molecule has 1 aliphatic heterocycles. The van der Waals surface area contributed by atoms with Crippen LogP contribution in [0, 0.1) is 0 Å². The van der Waals surface area contributed by atoms with Crippen LogP contribution in [0.1, 0.15) is 30.1 Å². The van der Waals surface area contributed by atoms with Crippen LogP contribution in [0.3, 0.4) is 0 Å². The molecule has 0 saturated carbocycles. The number of hydrogen-bond acceptors (Lipinski definition) is 7. The maximum atomic E-state index is 11.5. The molecule has 0 amide bonds. The lowest BCUT2D eigenvalue weighted by Crippen LogP contribution is -2.28. The summed E-state index contributed by atoms with van der Waals surface area (Å²) in [6.45, 7) is 2.84. The Bertz CT molecular complexity index is 723. The molecule has 8 heteroatoms. The van der Waals surface area contributed by atoms with Crippen LogP contribution >= 0.6 is 12.3 Å². The van der Waals surface area contributed by atoms with Crippen LogP contribution in [0.5, 0.6) is 0 Å². The highest BCUT2D eigenvalue weighted by Gasteiger charge is 2.27. The zero-order chi connectivity index (χ0) is 16.9. The maximum absolute atomic E-state index is 11.5. The van der Waals surface area contributed by atoms with Crippen LogP contribution in [0.4, 0.5) is 11.4 Å². The molecule has 0 radical (unpaired) electrons. The lowest BCUT2D eigenvalue weighted by Gasteiger charge is -2.29. The Kier molecular flexibility index (Phi) is 5.19. The number of nitrogens with zero attached hydrogens (tertiary/aromatic N) is 2. The summed E-state index contributed by atoms with van der Waals surface area (Å²) < 4.78 is 10.4. The second-order valence-corrected chi connectivity index (χ2v) is 5.65. The molecule has 3 rings (SSSR count). The number of anilines is 2. The number of pyridine rings is 1. The molecule has 0 aliphatic carbocycles. The van der Waals surface area contributed by atoms with Crippen molar-refractivity contribution in [3.63, 3.8) is 0 Å². The van der Waals surface area contributed by atoms with Gasteiger partial charge in [-0.05, 0) is 36.2 Å². The quantitative estimate of drug-likeness (QED) is 0.576. The molecule has 7 nitrogen and oxygen atoms in total. The monoisotopic (exact) mass is 347 g/mol. The van der Waals surface area contributed by atoms with Gasteiger partial charge in [0.05, 0.1) is 5.56 Å². The number of carboxylic acid groups (broad SMARTS) is 1. The number of carbonyl (C=O) groups is 1. The fourth-order valence-electron chi connectivity index (χ4n) is 2.40. The van der Waals surface area contributed by atoms with E-state index < -0.39 is 5.97 Å². The number of aromatic nitrogens is 1. The number of hydrogen-bond donors (Lipinski definition) is 2. The summed E-state index contributed by atoms with van der Waals surface area (Å²) in [4.78, 5) is 15.5. The van der Waals surface area contributed by atoms with E-state index in [1.165, 1.54) is 11.3 Å². The molecule has 1 saturated heterocycles. The smallest absolute Gasteiger partial charge is 0.335 e. The van der Waals surface area contributed by atoms with Gasteiger partial charge in [0.15, 0.2) is 0 Å². The average molecular weight is 347 g/mol. The van der Waals surface area contributed by atoms with Crippen molar-refractivity contribution in [2.75, 3.05) is 17.1 Å². The van der Waals surface area contributed by atoms with Gasteiger partial charge in [0, 0.05) is 30.2 Å². The van der Waals surface area contributed by atoms with Crippen LogP contribution in [-0.2, 0) is 8.57 Å². The highest BCUT2D eigenvalue weighted by molar-refractivity contribution is 7.90. The number of benzene rings is 1. The molecule has 0 spiro atoms. The van der Waals surface area contributed by atoms with Crippen LogP contribution in [0.25, 0.3) is 11.1 Å². The van der Waals surface area contributed by atoms with Gasteiger partial charge in [-0.25, -0.2) is 4.79 Å². The van der Waals surface area contributed by atoms with Gasteiger partial charge >= 0.3 is 5.97 Å². The molecule has 2 heterocycles. The predicted molar refractivity (Wildman–Crippen MR) is 92.3 cm³/mol. The molecular weight excluding hydrogens is 330 g/mol. The second kappa shape index (κ2) is 7.52. The highest BCUT2D eigenvalue weighted by atomic mass is 32.2. The summed E-state index contributed by atoms with van der Waals surface area (Å²) in [7, 11) is 0. The average Bonchev–Trinajstić information content (AvgIpc) is 2.54. The van der Waals surface area contributed by atoms with Crippen molar-refractivity contribution in [3.8, 4) is 11.1 Å². The molecule has 1 aromatic carbocycles. The topological polar surface area (TPSA) is 83.9 Å². The first kappa shape index (κ1) is 16.6. The second-order valence-electron chi connectivity index (χ2n) is 5.21. The SMILES string of the molecule is CCCCNc1cc(C(=O)O)cc(N2OSO2)c1-c1ccncc1. The van der Waals surface area contributed by atoms with Gasteiger partial charge in [-0.2, -0.15) is 0 Å². The van der Waals surface area contributed by atoms with Gasteiger partial charge in [-0.15, -0.1) is 8.57 Å². The van der Waals surface area contributed by atoms with E-state index in [0.717, 1.165) is 42.8 Å². The van der Waals surface area contributed by atoms with Crippen LogP contribution < -0.4 is 10.5 Å². The van der Waals surface area contributed by atoms with Gasteiger partial charge in [0.25, 0.3) is 0 Å². The van der Waals surface area contributed by atoms with E-state index in [4.69, 9.17) is 8.57 Å². The molecule has 2 aromatic rings. The fourth-order valence-corrected chi connectivity index (χ4v) is 2.68. The van der Waals surface area contributed by atoms with Crippen molar-refractivity contribution in [2.24, 2.45) is 0 Å². The largest absolute Gasteiger partial charge is 0.478 e. The van der Waals surface area contributed by atoms with Crippen molar-refractivity contribution < 1.29 is 18.5 Å². The van der Waals surface area contributed by atoms with Gasteiger partial charge in [-0.1, -0.05) is 18.6 Å². The number of nitrogens with one attached hydrogen (secondary N) is 1. The predicted octanol–water partition coefficient (Wildman–Crippen LogP) is 3.91. The Labute approximate surface area is 143 Å². The first-order valence-electron chi connectivity index (χ1n) is 7.58. The summed E-state index contributed by atoms with van der Waals surface area (Å²) in [5, 5.41) is 13.9. The molecule has 24 heavy (non-hydrogen) atoms. The van der Waals surface area contributed by atoms with Gasteiger partial charge in [-0.3, -0.25) is 4.98 Å². The Balaban J connectivity index is 2.11. The third-order valence-electron chi connectivity index (χ3n) is 3.57. The third-order valence-corrected chi connectivity index (χ3v) is 3.96. The van der Waals surface area contributed by atoms with E-state index in [1.807, 2.05) is 12.1 Å². The first-order valence-corrected chi connectivity index (χ1v) is 8.24. The van der Waals surface area contributed by atoms with Gasteiger partial charge < -0.3 is 10.4 Å². The molecule has 0 bridgehead atoms. The summed E-state index contributed by atoms with van der Waals surface area (Å²) in [5.41, 5.74) is 3.09. The van der Waals surface area contributed by atoms with E-state index in [2.05, 4.69) is 17.2 Å². The Morgan fingerprint density at radius 3 is 2.67 bits per heavy atom. The van der Waals surface area contributed by atoms with E-state index in [0.29, 0.717) is 11.4 Å². The lowest BCUT2D eigenvalue weighted by atomic mass is 9.99. The number of carboxylic acids is 1. The molecule has 126 valence electrons. The molecule has 0 atom stereocenters. The summed E-state index contributed by atoms with van der Waals surface area (Å²) in [5.74, 6) is -1.01. The van der Waals surface area contributed by atoms with Crippen molar-refractivity contribution in [1.82, 2.24) is 4.98 Å². The molecule has 1 fully saturated rings. The van der Waals surface area contributed by atoms with Crippen molar-refractivity contribution >= 4 is 29.7 Å². The molecule has 0 unspecified atom stereocenters.